The molecule has 2 aromatic carbocycles. The first kappa shape index (κ1) is 24.9. The first-order chi connectivity index (χ1) is 17.4. The molecule has 1 atom stereocenters. The molecule has 4 aromatic rings. The number of rotatable bonds is 4. The van der Waals surface area contributed by atoms with Gasteiger partial charge in [0.1, 0.15) is 17.3 Å². The van der Waals surface area contributed by atoms with Crippen LogP contribution in [0.4, 0.5) is 10.1 Å². The number of imidazole rings is 1. The molecule has 10 heteroatoms. The van der Waals surface area contributed by atoms with Gasteiger partial charge < -0.3 is 24.9 Å². The van der Waals surface area contributed by atoms with Crippen molar-refractivity contribution in [1.82, 2.24) is 13.7 Å². The van der Waals surface area contributed by atoms with E-state index in [1.165, 1.54) is 25.8 Å². The number of phenols is 1. The predicted octanol–water partition coefficient (Wildman–Crippen LogP) is 3.63. The van der Waals surface area contributed by atoms with Gasteiger partial charge >= 0.3 is 5.69 Å². The zero-order valence-corrected chi connectivity index (χ0v) is 21.5. The molecule has 1 fully saturated rings. The summed E-state index contributed by atoms with van der Waals surface area (Å²) in [5.41, 5.74) is 7.74. The molecule has 0 saturated carbocycles. The zero-order chi connectivity index (χ0) is 26.6. The fourth-order valence-corrected chi connectivity index (χ4v) is 5.09. The van der Waals surface area contributed by atoms with E-state index in [1.807, 2.05) is 11.8 Å². The van der Waals surface area contributed by atoms with E-state index >= 15 is 0 Å². The van der Waals surface area contributed by atoms with Crippen molar-refractivity contribution in [2.24, 2.45) is 19.8 Å². The van der Waals surface area contributed by atoms with E-state index in [1.54, 1.807) is 57.0 Å². The van der Waals surface area contributed by atoms with E-state index in [-0.39, 0.29) is 33.1 Å². The Morgan fingerprint density at radius 1 is 1.00 bits per heavy atom. The molecule has 0 spiro atoms. The van der Waals surface area contributed by atoms with Crippen molar-refractivity contribution in [2.45, 2.75) is 18.9 Å². The number of phenolic OH excluding ortho intramolecular Hbond substituents is 1. The van der Waals surface area contributed by atoms with Crippen LogP contribution < -0.4 is 21.9 Å². The monoisotopic (exact) mass is 523 g/mol. The van der Waals surface area contributed by atoms with Crippen LogP contribution in [-0.4, -0.2) is 37.4 Å². The maximum absolute atomic E-state index is 14.9. The molecular formula is C27H27ClFN5O3. The van der Waals surface area contributed by atoms with Gasteiger partial charge in [-0.15, -0.1) is 0 Å². The Morgan fingerprint density at radius 3 is 2.30 bits per heavy atom. The van der Waals surface area contributed by atoms with Gasteiger partial charge in [0.15, 0.2) is 0 Å². The Morgan fingerprint density at radius 2 is 1.70 bits per heavy atom. The van der Waals surface area contributed by atoms with Crippen LogP contribution in [0.5, 0.6) is 5.75 Å². The highest BCUT2D eigenvalue weighted by Gasteiger charge is 2.31. The Balaban J connectivity index is 1.60. The summed E-state index contributed by atoms with van der Waals surface area (Å²) in [5.74, 6) is -0.717. The number of nitrogens with zero attached hydrogens (tertiary/aromatic N) is 4. The van der Waals surface area contributed by atoms with Crippen molar-refractivity contribution in [3.05, 3.63) is 86.7 Å². The third-order valence-corrected chi connectivity index (χ3v) is 7.16. The van der Waals surface area contributed by atoms with Gasteiger partial charge in [0, 0.05) is 68.0 Å². The number of halogens is 2. The summed E-state index contributed by atoms with van der Waals surface area (Å²) in [7, 11) is 3.25. The molecule has 2 aromatic heterocycles. The van der Waals surface area contributed by atoms with Gasteiger partial charge in [-0.2, -0.15) is 0 Å². The van der Waals surface area contributed by atoms with Crippen LogP contribution in [0.2, 0.25) is 5.02 Å². The molecule has 192 valence electrons. The Hall–Kier alpha value is -3.82. The van der Waals surface area contributed by atoms with Crippen LogP contribution in [0.25, 0.3) is 27.9 Å². The summed E-state index contributed by atoms with van der Waals surface area (Å²) in [5, 5.41) is 11.5. The fourth-order valence-electron chi connectivity index (χ4n) is 4.81. The van der Waals surface area contributed by atoms with E-state index in [0.29, 0.717) is 35.6 Å². The molecule has 0 amide bonds. The average molecular weight is 524 g/mol. The Kier molecular flexibility index (Phi) is 6.00. The number of hydrogen-bond acceptors (Lipinski definition) is 5. The Labute approximate surface area is 217 Å². The van der Waals surface area contributed by atoms with Crippen molar-refractivity contribution in [3.8, 4) is 33.7 Å². The zero-order valence-electron chi connectivity index (χ0n) is 20.7. The first-order valence-electron chi connectivity index (χ1n) is 11.8. The summed E-state index contributed by atoms with van der Waals surface area (Å²) in [4.78, 5) is 27.2. The predicted molar refractivity (Wildman–Crippen MR) is 143 cm³/mol. The second-order valence-electron chi connectivity index (χ2n) is 9.93. The largest absolute Gasteiger partial charge is 0.507 e. The second-order valence-corrected chi connectivity index (χ2v) is 10.3. The molecule has 5 rings (SSSR count). The highest BCUT2D eigenvalue weighted by atomic mass is 35.5. The average Bonchev–Trinajstić information content (AvgIpc) is 3.37. The minimum absolute atomic E-state index is 0.156. The molecule has 0 radical (unpaired) electrons. The lowest BCUT2D eigenvalue weighted by Crippen LogP contribution is -2.40. The number of aryl methyl sites for hydroxylation is 2. The summed E-state index contributed by atoms with van der Waals surface area (Å²) in [6.45, 7) is 3.08. The number of hydrogen-bond donors (Lipinski definition) is 2. The number of aromatic hydroxyl groups is 1. The van der Waals surface area contributed by atoms with Crippen LogP contribution >= 0.6 is 11.6 Å². The molecule has 1 aliphatic heterocycles. The van der Waals surface area contributed by atoms with Gasteiger partial charge in [0.25, 0.3) is 5.56 Å². The van der Waals surface area contributed by atoms with E-state index in [2.05, 4.69) is 0 Å². The Bertz CT molecular complexity index is 1650. The summed E-state index contributed by atoms with van der Waals surface area (Å²) in [6.07, 6.45) is 5.53. The lowest BCUT2D eigenvalue weighted by Gasteiger charge is -2.22. The summed E-state index contributed by atoms with van der Waals surface area (Å²) in [6, 6.07) is 9.01. The number of nitrogens with two attached hydrogens (primary N) is 1. The highest BCUT2D eigenvalue weighted by Crippen LogP contribution is 2.41. The minimum Gasteiger partial charge on any atom is -0.507 e. The van der Waals surface area contributed by atoms with Crippen molar-refractivity contribution in [2.75, 3.05) is 18.0 Å². The molecule has 1 saturated heterocycles. The fraction of sp³-hybridized carbons (Fsp3) is 0.259. The van der Waals surface area contributed by atoms with Crippen LogP contribution in [0.15, 0.2) is 64.6 Å². The maximum atomic E-state index is 14.9. The second kappa shape index (κ2) is 8.93. The molecule has 0 aliphatic carbocycles. The van der Waals surface area contributed by atoms with Gasteiger partial charge in [-0.05, 0) is 49.2 Å². The van der Waals surface area contributed by atoms with Crippen molar-refractivity contribution >= 4 is 17.3 Å². The van der Waals surface area contributed by atoms with E-state index in [4.69, 9.17) is 17.3 Å². The van der Waals surface area contributed by atoms with Gasteiger partial charge in [-0.3, -0.25) is 9.36 Å². The van der Waals surface area contributed by atoms with Crippen molar-refractivity contribution < 1.29 is 9.50 Å². The van der Waals surface area contributed by atoms with E-state index in [0.717, 1.165) is 6.42 Å². The van der Waals surface area contributed by atoms with Gasteiger partial charge in [-0.25, -0.2) is 9.18 Å². The number of anilines is 1. The summed E-state index contributed by atoms with van der Waals surface area (Å²) < 4.78 is 19.1. The number of benzene rings is 2. The van der Waals surface area contributed by atoms with Crippen molar-refractivity contribution in [1.29, 1.82) is 0 Å². The van der Waals surface area contributed by atoms with Gasteiger partial charge in [0.05, 0.1) is 10.7 Å². The van der Waals surface area contributed by atoms with Crippen LogP contribution in [0.1, 0.15) is 13.3 Å². The molecule has 37 heavy (non-hydrogen) atoms. The molecule has 0 unspecified atom stereocenters. The molecule has 3 heterocycles. The topological polar surface area (TPSA) is 98.4 Å². The normalized spacial score (nSPS) is 17.5. The lowest BCUT2D eigenvalue weighted by molar-refractivity contribution is 0.477. The van der Waals surface area contributed by atoms with E-state index in [9.17, 15) is 19.1 Å². The molecule has 0 bridgehead atoms. The third kappa shape index (κ3) is 4.45. The van der Waals surface area contributed by atoms with E-state index < -0.39 is 11.4 Å². The third-order valence-electron chi connectivity index (χ3n) is 6.86. The van der Waals surface area contributed by atoms with Crippen molar-refractivity contribution in [3.63, 3.8) is 0 Å². The number of aromatic nitrogens is 3. The smallest absolute Gasteiger partial charge is 0.332 e. The maximum Gasteiger partial charge on any atom is 0.332 e. The summed E-state index contributed by atoms with van der Waals surface area (Å²) >= 11 is 6.50. The van der Waals surface area contributed by atoms with Crippen LogP contribution in [0.3, 0.4) is 0 Å². The van der Waals surface area contributed by atoms with Gasteiger partial charge in [-0.1, -0.05) is 17.7 Å². The van der Waals surface area contributed by atoms with Crippen LogP contribution in [0, 0.1) is 5.82 Å². The standard InChI is InChI=1S/C27H27ClFN5O3/c1-27(30)6-7-33(15-27)23-11-17(14-32(3)25(23)36)20-13-18(29)12-19(24(20)35)16-4-5-22(21(28)10-16)34-9-8-31(2)26(34)37/h4-5,8-14,35H,6-7,15,30H2,1-3H3/t27-/m0/s1. The minimum atomic E-state index is -0.562. The highest BCUT2D eigenvalue weighted by molar-refractivity contribution is 6.32. The van der Waals surface area contributed by atoms with Crippen LogP contribution in [-0.2, 0) is 14.1 Å². The molecular weight excluding hydrogens is 497 g/mol. The molecule has 3 N–H and O–H groups in total. The lowest BCUT2D eigenvalue weighted by atomic mass is 9.97. The quantitative estimate of drug-likeness (QED) is 0.425. The first-order valence-corrected chi connectivity index (χ1v) is 12.1. The number of pyridine rings is 1. The van der Waals surface area contributed by atoms with Gasteiger partial charge in [0.2, 0.25) is 0 Å². The SMILES string of the molecule is Cn1cc(-c2cc(F)cc(-c3ccc(-n4ccn(C)c4=O)c(Cl)c3)c2O)cc(N2CC[C@](C)(N)C2)c1=O. The molecule has 8 nitrogen and oxygen atoms in total. The molecule has 1 aliphatic rings.